The minimum absolute atomic E-state index is 0.0331. The lowest BCUT2D eigenvalue weighted by molar-refractivity contribution is -0.944. The largest absolute Gasteiger partial charge is 0.295 e. The summed E-state index contributed by atoms with van der Waals surface area (Å²) in [6, 6.07) is 9.61. The number of quaternary nitrogens is 1. The van der Waals surface area contributed by atoms with Gasteiger partial charge in [0.1, 0.15) is 6.04 Å². The van der Waals surface area contributed by atoms with Crippen LogP contribution in [0.15, 0.2) is 30.3 Å². The predicted molar refractivity (Wildman–Crippen MR) is 61.2 cm³/mol. The molecule has 0 aliphatic carbocycles. The van der Waals surface area contributed by atoms with Crippen LogP contribution in [0.2, 0.25) is 0 Å². The molecule has 1 aromatic rings. The zero-order valence-corrected chi connectivity index (χ0v) is 9.82. The highest BCUT2D eigenvalue weighted by molar-refractivity contribution is 5.93. The van der Waals surface area contributed by atoms with Crippen LogP contribution in [-0.2, 0) is 0 Å². The Hall–Kier alpha value is -1.35. The maximum Gasteiger partial charge on any atom is 0.295 e. The molecule has 0 saturated heterocycles. The molecule has 0 saturated carbocycles. The topological polar surface area (TPSA) is 29.1 Å². The molecule has 0 aliphatic heterocycles. The quantitative estimate of drug-likeness (QED) is 0.594. The number of carbonyl (C=O) groups is 1. The molecule has 82 valence electrons. The Morgan fingerprint density at radius 3 is 2.20 bits per heavy atom. The van der Waals surface area contributed by atoms with Crippen molar-refractivity contribution in [2.45, 2.75) is 19.9 Å². The van der Waals surface area contributed by atoms with E-state index in [4.69, 9.17) is 0 Å². The lowest BCUT2D eigenvalue weighted by Crippen LogP contribution is -2.58. The molecule has 3 nitrogen and oxygen atoms in total. The van der Waals surface area contributed by atoms with E-state index in [2.05, 4.69) is 19.3 Å². The fraction of sp³-hybridized carbons (Fsp3) is 0.417. The second-order valence-corrected chi connectivity index (χ2v) is 4.44. The van der Waals surface area contributed by atoms with E-state index in [1.165, 1.54) is 0 Å². The minimum Gasteiger partial charge on any atom is -0.264 e. The van der Waals surface area contributed by atoms with Crippen molar-refractivity contribution < 1.29 is 9.39 Å². The van der Waals surface area contributed by atoms with E-state index >= 15 is 0 Å². The van der Waals surface area contributed by atoms with Gasteiger partial charge in [-0.15, -0.1) is 0 Å². The number of carbonyl (C=O) groups excluding carboxylic acids is 1. The van der Waals surface area contributed by atoms with E-state index in [1.807, 2.05) is 44.4 Å². The zero-order chi connectivity index (χ0) is 11.5. The molecule has 0 atom stereocenters. The first-order valence-corrected chi connectivity index (χ1v) is 5.15. The van der Waals surface area contributed by atoms with Crippen LogP contribution < -0.4 is 5.43 Å². The van der Waals surface area contributed by atoms with Gasteiger partial charge >= 0.3 is 0 Å². The van der Waals surface area contributed by atoms with E-state index in [0.29, 0.717) is 16.2 Å². The number of rotatable bonds is 3. The molecule has 1 N–H and O–H groups in total. The molecule has 0 spiro atoms. The molecule has 0 unspecified atom stereocenters. The van der Waals surface area contributed by atoms with Crippen molar-refractivity contribution in [3.05, 3.63) is 35.9 Å². The van der Waals surface area contributed by atoms with Crippen LogP contribution in [0.5, 0.6) is 0 Å². The molecule has 1 amide bonds. The fourth-order valence-corrected chi connectivity index (χ4v) is 1.04. The second-order valence-electron chi connectivity index (χ2n) is 4.44. The lowest BCUT2D eigenvalue weighted by Gasteiger charge is -2.33. The smallest absolute Gasteiger partial charge is 0.264 e. The van der Waals surface area contributed by atoms with Gasteiger partial charge in [-0.2, -0.15) is 5.43 Å². The van der Waals surface area contributed by atoms with Gasteiger partial charge in [0.15, 0.2) is 0 Å². The highest BCUT2D eigenvalue weighted by Gasteiger charge is 2.23. The van der Waals surface area contributed by atoms with Gasteiger partial charge in [-0.3, -0.25) is 4.79 Å². The first-order chi connectivity index (χ1) is 6.93. The summed E-state index contributed by atoms with van der Waals surface area (Å²) in [7, 11) is 3.96. The van der Waals surface area contributed by atoms with Crippen LogP contribution in [0.3, 0.4) is 0 Å². The summed E-state index contributed by atoms with van der Waals surface area (Å²) in [5, 5.41) is 0. The van der Waals surface area contributed by atoms with Crippen molar-refractivity contribution in [1.82, 2.24) is 5.43 Å². The first kappa shape index (κ1) is 11.7. The number of nitrogens with one attached hydrogen (secondary N) is 1. The summed E-state index contributed by atoms with van der Waals surface area (Å²) in [5.74, 6) is -0.0331. The maximum atomic E-state index is 11.8. The molecule has 1 aromatic carbocycles. The Bertz CT molecular complexity index is 331. The van der Waals surface area contributed by atoms with E-state index in [-0.39, 0.29) is 5.91 Å². The molecule has 0 fully saturated rings. The highest BCUT2D eigenvalue weighted by Crippen LogP contribution is 2.04. The standard InChI is InChI=1S/C12H18N2O/c1-10(2)14(3,4)13-12(15)11-8-6-5-7-9-11/h5-10H,1-4H3/p+1. The summed E-state index contributed by atoms with van der Waals surface area (Å²) in [6.07, 6.45) is 0. The average molecular weight is 207 g/mol. The van der Waals surface area contributed by atoms with Gasteiger partial charge in [0.25, 0.3) is 5.91 Å². The summed E-state index contributed by atoms with van der Waals surface area (Å²) in [4.78, 5) is 11.8. The van der Waals surface area contributed by atoms with Crippen molar-refractivity contribution in [3.63, 3.8) is 0 Å². The average Bonchev–Trinajstić information content (AvgIpc) is 2.18. The molecular formula is C12H19N2O+. The Balaban J connectivity index is 2.73. The van der Waals surface area contributed by atoms with Gasteiger partial charge < -0.3 is 0 Å². The number of amides is 1. The third-order valence-electron chi connectivity index (χ3n) is 2.72. The van der Waals surface area contributed by atoms with E-state index in [1.54, 1.807) is 0 Å². The Kier molecular flexibility index (Phi) is 3.48. The third kappa shape index (κ3) is 3.06. The lowest BCUT2D eigenvalue weighted by atomic mass is 10.2. The Morgan fingerprint density at radius 2 is 1.73 bits per heavy atom. The van der Waals surface area contributed by atoms with Crippen molar-refractivity contribution >= 4 is 5.91 Å². The van der Waals surface area contributed by atoms with Crippen molar-refractivity contribution in [2.24, 2.45) is 0 Å². The van der Waals surface area contributed by atoms with Crippen LogP contribution >= 0.6 is 0 Å². The van der Waals surface area contributed by atoms with Gasteiger partial charge in [-0.1, -0.05) is 18.2 Å². The summed E-state index contributed by atoms with van der Waals surface area (Å²) < 4.78 is 0.480. The molecular weight excluding hydrogens is 188 g/mol. The second kappa shape index (κ2) is 4.45. The van der Waals surface area contributed by atoms with Gasteiger partial charge in [-0.05, 0) is 26.0 Å². The molecule has 1 rings (SSSR count). The van der Waals surface area contributed by atoms with Crippen LogP contribution in [0, 0.1) is 0 Å². The SMILES string of the molecule is CC(C)[N+](C)(C)NC(=O)c1ccccc1. The number of nitrogens with zero attached hydrogens (tertiary/aromatic N) is 1. The normalized spacial score (nSPS) is 11.5. The van der Waals surface area contributed by atoms with Crippen LogP contribution in [0.4, 0.5) is 0 Å². The maximum absolute atomic E-state index is 11.8. The van der Waals surface area contributed by atoms with Crippen LogP contribution in [-0.4, -0.2) is 30.6 Å². The first-order valence-electron chi connectivity index (χ1n) is 5.15. The molecule has 0 radical (unpaired) electrons. The molecule has 0 aromatic heterocycles. The van der Waals surface area contributed by atoms with Crippen LogP contribution in [0.1, 0.15) is 24.2 Å². The van der Waals surface area contributed by atoms with Crippen molar-refractivity contribution in [3.8, 4) is 0 Å². The molecule has 3 heteroatoms. The van der Waals surface area contributed by atoms with Gasteiger partial charge in [0, 0.05) is 5.56 Å². The summed E-state index contributed by atoms with van der Waals surface area (Å²) in [5.41, 5.74) is 3.67. The van der Waals surface area contributed by atoms with Gasteiger partial charge in [0.2, 0.25) is 0 Å². The monoisotopic (exact) mass is 207 g/mol. The predicted octanol–water partition coefficient (Wildman–Crippen LogP) is 1.82. The number of hydrogen-bond acceptors (Lipinski definition) is 1. The third-order valence-corrected chi connectivity index (χ3v) is 2.72. The Morgan fingerprint density at radius 1 is 1.20 bits per heavy atom. The highest BCUT2D eigenvalue weighted by atomic mass is 16.2. The van der Waals surface area contributed by atoms with Crippen molar-refractivity contribution in [2.75, 3.05) is 14.1 Å². The minimum atomic E-state index is -0.0331. The summed E-state index contributed by atoms with van der Waals surface area (Å²) >= 11 is 0. The van der Waals surface area contributed by atoms with E-state index < -0.39 is 0 Å². The molecule has 0 aliphatic rings. The molecule has 0 bridgehead atoms. The zero-order valence-electron chi connectivity index (χ0n) is 9.82. The van der Waals surface area contributed by atoms with Crippen molar-refractivity contribution in [1.29, 1.82) is 0 Å². The Labute approximate surface area is 91.3 Å². The number of hydrogen-bond donors (Lipinski definition) is 1. The van der Waals surface area contributed by atoms with E-state index in [0.717, 1.165) is 0 Å². The number of benzene rings is 1. The molecule has 0 heterocycles. The fourth-order valence-electron chi connectivity index (χ4n) is 1.04. The van der Waals surface area contributed by atoms with Crippen LogP contribution in [0.25, 0.3) is 0 Å². The van der Waals surface area contributed by atoms with Gasteiger partial charge in [0.05, 0.1) is 14.1 Å². The summed E-state index contributed by atoms with van der Waals surface area (Å²) in [6.45, 7) is 4.15. The van der Waals surface area contributed by atoms with E-state index in [9.17, 15) is 4.79 Å². The molecule has 15 heavy (non-hydrogen) atoms. The van der Waals surface area contributed by atoms with Gasteiger partial charge in [-0.25, -0.2) is 4.59 Å².